The van der Waals surface area contributed by atoms with Gasteiger partial charge in [-0.25, -0.2) is 0 Å². The maximum Gasteiger partial charge on any atom is 0.446 e. The van der Waals surface area contributed by atoms with E-state index in [0.29, 0.717) is 29.3 Å². The van der Waals surface area contributed by atoms with Crippen LogP contribution in [0.4, 0.5) is 0 Å². The Kier molecular flexibility index (Phi) is 6.46. The van der Waals surface area contributed by atoms with Crippen molar-refractivity contribution >= 4 is 10.4 Å². The lowest BCUT2D eigenvalue weighted by Crippen LogP contribution is -2.52. The summed E-state index contributed by atoms with van der Waals surface area (Å²) in [5.41, 5.74) is 1.98. The topological polar surface area (TPSA) is 93.1 Å². The molecule has 1 saturated heterocycles. The quantitative estimate of drug-likeness (QED) is 0.332. The molecule has 0 spiro atoms. The fraction of sp³-hybridized carbons (Fsp3) is 0.833. The summed E-state index contributed by atoms with van der Waals surface area (Å²) < 4.78 is 45.6. The van der Waals surface area contributed by atoms with E-state index >= 15 is 0 Å². The van der Waals surface area contributed by atoms with Crippen molar-refractivity contribution in [2.24, 2.45) is 45.3 Å². The molecule has 0 amide bonds. The van der Waals surface area contributed by atoms with Gasteiger partial charge in [-0.2, -0.15) is 8.42 Å². The Labute approximate surface area is 259 Å². The molecule has 1 aliphatic heterocycles. The van der Waals surface area contributed by atoms with Gasteiger partial charge in [-0.1, -0.05) is 48.0 Å². The molecular formula is C36H54O6S. The molecule has 43 heavy (non-hydrogen) atoms. The second-order valence-corrected chi connectivity index (χ2v) is 18.7. The average molecular weight is 615 g/mol. The van der Waals surface area contributed by atoms with E-state index in [9.17, 15) is 18.1 Å². The van der Waals surface area contributed by atoms with Crippen molar-refractivity contribution < 1.29 is 27.0 Å². The van der Waals surface area contributed by atoms with Crippen LogP contribution in [-0.4, -0.2) is 29.8 Å². The van der Waals surface area contributed by atoms with Gasteiger partial charge in [-0.05, 0) is 135 Å². The molecule has 0 radical (unpaired) electrons. The number of hydrogen-bond acceptors (Lipinski definition) is 5. The van der Waals surface area contributed by atoms with Crippen LogP contribution >= 0.6 is 0 Å². The van der Waals surface area contributed by atoms with Crippen molar-refractivity contribution in [3.8, 4) is 11.5 Å². The third-order valence-corrected chi connectivity index (χ3v) is 16.0. The Morgan fingerprint density at radius 3 is 2.23 bits per heavy atom. The van der Waals surface area contributed by atoms with Crippen molar-refractivity contribution in [3.63, 3.8) is 0 Å². The average Bonchev–Trinajstić information content (AvgIpc) is 3.46. The van der Waals surface area contributed by atoms with Crippen LogP contribution < -0.4 is 4.18 Å². The minimum absolute atomic E-state index is 0.0221. The van der Waals surface area contributed by atoms with Crippen LogP contribution in [0.2, 0.25) is 0 Å². The van der Waals surface area contributed by atoms with Crippen molar-refractivity contribution in [2.75, 3.05) is 0 Å². The van der Waals surface area contributed by atoms with Crippen LogP contribution in [0.1, 0.15) is 130 Å². The normalized spacial score (nSPS) is 48.4. The van der Waals surface area contributed by atoms with E-state index in [1.165, 1.54) is 57.1 Å². The maximum absolute atomic E-state index is 11.8. The lowest BCUT2D eigenvalue weighted by Gasteiger charge is -2.56. The van der Waals surface area contributed by atoms with Crippen LogP contribution in [0.25, 0.3) is 0 Å². The third kappa shape index (κ3) is 4.05. The van der Waals surface area contributed by atoms with Crippen LogP contribution in [0.3, 0.4) is 0 Å². The molecule has 0 aromatic heterocycles. The van der Waals surface area contributed by atoms with Gasteiger partial charge in [0.2, 0.25) is 0 Å². The lowest BCUT2D eigenvalue weighted by atomic mass is 9.48. The second-order valence-electron chi connectivity index (χ2n) is 17.6. The highest BCUT2D eigenvalue weighted by Gasteiger charge is 2.69. The molecular weight excluding hydrogens is 560 g/mol. The first-order chi connectivity index (χ1) is 19.9. The molecule has 6 aliphatic rings. The number of hydrogen-bond donors (Lipinski definition) is 2. The van der Waals surface area contributed by atoms with E-state index in [-0.39, 0.29) is 44.7 Å². The molecule has 7 heteroatoms. The lowest BCUT2D eigenvalue weighted by molar-refractivity contribution is -0.179. The molecule has 5 fully saturated rings. The predicted molar refractivity (Wildman–Crippen MR) is 167 cm³/mol. The van der Waals surface area contributed by atoms with Gasteiger partial charge in [0.1, 0.15) is 11.5 Å². The van der Waals surface area contributed by atoms with Crippen LogP contribution in [0.15, 0.2) is 12.1 Å². The van der Waals surface area contributed by atoms with Gasteiger partial charge >= 0.3 is 10.4 Å². The number of phenols is 1. The number of benzene rings is 1. The summed E-state index contributed by atoms with van der Waals surface area (Å²) in [6.45, 7) is 17.3. The summed E-state index contributed by atoms with van der Waals surface area (Å²) in [7, 11) is -4.67. The van der Waals surface area contributed by atoms with E-state index in [2.05, 4.69) is 48.5 Å². The molecule has 6 nitrogen and oxygen atoms in total. The summed E-state index contributed by atoms with van der Waals surface area (Å²) in [5, 5.41) is 11.0. The maximum atomic E-state index is 11.8. The smallest absolute Gasteiger partial charge is 0.446 e. The van der Waals surface area contributed by atoms with Crippen LogP contribution in [-0.2, 0) is 27.0 Å². The molecule has 1 aromatic rings. The highest BCUT2D eigenvalue weighted by atomic mass is 32.3. The first-order valence-corrected chi connectivity index (χ1v) is 18.4. The molecule has 240 valence electrons. The first kappa shape index (κ1) is 30.3. The molecule has 4 saturated carbocycles. The van der Waals surface area contributed by atoms with Gasteiger partial charge in [0.05, 0.1) is 11.7 Å². The Morgan fingerprint density at radius 1 is 0.814 bits per heavy atom. The highest BCUT2D eigenvalue weighted by molar-refractivity contribution is 7.81. The Morgan fingerprint density at radius 2 is 1.51 bits per heavy atom. The fourth-order valence-corrected chi connectivity index (χ4v) is 13.7. The Balaban J connectivity index is 1.22. The molecule has 10 atom stereocenters. The molecule has 7 rings (SSSR count). The van der Waals surface area contributed by atoms with Gasteiger partial charge in [-0.3, -0.25) is 4.55 Å². The summed E-state index contributed by atoms with van der Waals surface area (Å²) in [4.78, 5) is 0. The van der Waals surface area contributed by atoms with E-state index in [0.717, 1.165) is 43.2 Å². The van der Waals surface area contributed by atoms with Gasteiger partial charge < -0.3 is 14.0 Å². The number of phenolic OH excluding ortho intramolecular Hbond substituents is 1. The molecule has 0 bridgehead atoms. The van der Waals surface area contributed by atoms with Crippen LogP contribution in [0.5, 0.6) is 11.5 Å². The highest BCUT2D eigenvalue weighted by Crippen LogP contribution is 2.74. The second kappa shape index (κ2) is 9.15. The Hall–Kier alpha value is -1.31. The summed E-state index contributed by atoms with van der Waals surface area (Å²) in [6, 6.07) is 3.02. The van der Waals surface area contributed by atoms with Gasteiger partial charge in [0.15, 0.2) is 0 Å². The zero-order valence-corrected chi connectivity index (χ0v) is 28.3. The van der Waals surface area contributed by atoms with Gasteiger partial charge in [0.25, 0.3) is 0 Å². The number of aromatic hydroxyl groups is 1. The monoisotopic (exact) mass is 614 g/mol. The van der Waals surface area contributed by atoms with Crippen molar-refractivity contribution in [1.82, 2.24) is 0 Å². The summed E-state index contributed by atoms with van der Waals surface area (Å²) in [6.07, 6.45) is 14.0. The molecule has 2 N–H and O–H groups in total. The van der Waals surface area contributed by atoms with E-state index in [1.54, 1.807) is 0 Å². The largest absolute Gasteiger partial charge is 0.508 e. The Bertz CT molecular complexity index is 1440. The van der Waals surface area contributed by atoms with Gasteiger partial charge in [-0.15, -0.1) is 0 Å². The summed E-state index contributed by atoms with van der Waals surface area (Å²) in [5.74, 6) is 2.45. The van der Waals surface area contributed by atoms with Crippen LogP contribution in [0, 0.1) is 45.3 Å². The van der Waals surface area contributed by atoms with Crippen molar-refractivity contribution in [1.29, 1.82) is 0 Å². The number of ether oxygens (including phenoxy) is 1. The molecule has 1 aromatic carbocycles. The fourth-order valence-electron chi connectivity index (χ4n) is 13.3. The van der Waals surface area contributed by atoms with E-state index < -0.39 is 10.4 Å². The minimum Gasteiger partial charge on any atom is -0.508 e. The number of rotatable bonds is 3. The standard InChI is InChI=1S/C36H54O6S/c1-31(2)15-8-16-36(7)27(31)13-19-35(6)29(41-36)14-20-34(35,5)24-12-17-32(3)23(24)11-18-33(4)28(32)21-22-25(37)9-10-26(30(22)33)42-43(38,39)40/h9-10,23-24,27-29,37H,8,11-21H2,1-7H3,(H,38,39,40)/t23-,24+,27-,28+,29-,32-,33-,34-,35-,36+/m1/s1. The predicted octanol–water partition coefficient (Wildman–Crippen LogP) is 8.40. The molecule has 5 aliphatic carbocycles. The first-order valence-electron chi connectivity index (χ1n) is 17.1. The SMILES string of the molecule is CC1(C)CCC[C@]2(C)O[C@@H]3CC[C@](C)([C@H]4CC[C@]5(C)[C@@H]4CC[C@@]4(C)c6c(OS(=O)(=O)O)ccc(O)c6C[C@@H]54)[C@]3(C)CC[C@H]12. The van der Waals surface area contributed by atoms with Crippen molar-refractivity contribution in [2.45, 2.75) is 143 Å². The molecule has 0 unspecified atom stereocenters. The zero-order chi connectivity index (χ0) is 31.0. The number of fused-ring (bicyclic) bond motifs is 7. The third-order valence-electron chi connectivity index (χ3n) is 15.6. The van der Waals surface area contributed by atoms with Gasteiger partial charge in [0, 0.05) is 16.5 Å². The van der Waals surface area contributed by atoms with E-state index in [4.69, 9.17) is 8.92 Å². The zero-order valence-electron chi connectivity index (χ0n) is 27.5. The van der Waals surface area contributed by atoms with E-state index in [1.807, 2.05) is 0 Å². The summed E-state index contributed by atoms with van der Waals surface area (Å²) >= 11 is 0. The molecule has 1 heterocycles. The minimum atomic E-state index is -4.67. The van der Waals surface area contributed by atoms with Crippen molar-refractivity contribution in [3.05, 3.63) is 23.3 Å².